The summed E-state index contributed by atoms with van der Waals surface area (Å²) in [5.74, 6) is 0. The Hall–Kier alpha value is -1.68. The van der Waals surface area contributed by atoms with E-state index < -0.39 is 0 Å². The van der Waals surface area contributed by atoms with Crippen LogP contribution in [0.15, 0.2) is 60.7 Å². The van der Waals surface area contributed by atoms with Crippen LogP contribution in [0.5, 0.6) is 0 Å². The van der Waals surface area contributed by atoms with Crippen molar-refractivity contribution in [2.24, 2.45) is 0 Å². The van der Waals surface area contributed by atoms with Gasteiger partial charge in [-0.3, -0.25) is 4.90 Å². The standard InChI is InChI=1S/C20H25NO2/c1-21-16-19(23-15-9-14-22-2)20(21,17-10-5-3-6-11-17)18-12-7-4-8-13-18/h3-8,10-13,19H,9,14-16H2,1-2H3. The van der Waals surface area contributed by atoms with E-state index >= 15 is 0 Å². The molecule has 0 radical (unpaired) electrons. The lowest BCUT2D eigenvalue weighted by Crippen LogP contribution is -2.68. The van der Waals surface area contributed by atoms with Crippen molar-refractivity contribution in [3.63, 3.8) is 0 Å². The number of likely N-dealkylation sites (tertiary alicyclic amines) is 1. The van der Waals surface area contributed by atoms with Crippen molar-refractivity contribution < 1.29 is 9.47 Å². The topological polar surface area (TPSA) is 21.7 Å². The van der Waals surface area contributed by atoms with Crippen LogP contribution >= 0.6 is 0 Å². The lowest BCUT2D eigenvalue weighted by atomic mass is 9.71. The Bertz CT molecular complexity index is 560. The first kappa shape index (κ1) is 16.2. The molecule has 0 amide bonds. The highest BCUT2D eigenvalue weighted by atomic mass is 16.5. The minimum Gasteiger partial charge on any atom is -0.385 e. The molecule has 1 saturated heterocycles. The number of ether oxygens (including phenoxy) is 2. The monoisotopic (exact) mass is 311 g/mol. The van der Waals surface area contributed by atoms with Gasteiger partial charge >= 0.3 is 0 Å². The van der Waals surface area contributed by atoms with Gasteiger partial charge in [-0.1, -0.05) is 60.7 Å². The first-order valence-corrected chi connectivity index (χ1v) is 8.23. The number of nitrogens with zero attached hydrogens (tertiary/aromatic N) is 1. The zero-order valence-electron chi connectivity index (χ0n) is 13.9. The molecule has 1 heterocycles. The van der Waals surface area contributed by atoms with Gasteiger partial charge in [-0.05, 0) is 24.6 Å². The molecule has 3 rings (SSSR count). The third-order valence-electron chi connectivity index (χ3n) is 4.75. The van der Waals surface area contributed by atoms with Gasteiger partial charge in [-0.25, -0.2) is 0 Å². The summed E-state index contributed by atoms with van der Waals surface area (Å²) in [5.41, 5.74) is 2.38. The average Bonchev–Trinajstić information content (AvgIpc) is 2.60. The van der Waals surface area contributed by atoms with Gasteiger partial charge in [0, 0.05) is 26.9 Å². The second kappa shape index (κ2) is 7.26. The highest BCUT2D eigenvalue weighted by Crippen LogP contribution is 2.46. The SMILES string of the molecule is COCCCOC1CN(C)C1(c1ccccc1)c1ccccc1. The first-order chi connectivity index (χ1) is 11.3. The maximum atomic E-state index is 6.25. The Labute approximate surface area is 138 Å². The molecule has 1 aliphatic rings. The van der Waals surface area contributed by atoms with Crippen LogP contribution in [-0.2, 0) is 15.0 Å². The van der Waals surface area contributed by atoms with Gasteiger partial charge in [0.05, 0.1) is 11.6 Å². The van der Waals surface area contributed by atoms with Crippen LogP contribution < -0.4 is 0 Å². The van der Waals surface area contributed by atoms with Crippen LogP contribution in [0.3, 0.4) is 0 Å². The number of rotatable bonds is 7. The van der Waals surface area contributed by atoms with E-state index in [1.54, 1.807) is 7.11 Å². The number of hydrogen-bond acceptors (Lipinski definition) is 3. The van der Waals surface area contributed by atoms with Crippen molar-refractivity contribution in [1.29, 1.82) is 0 Å². The van der Waals surface area contributed by atoms with Crippen molar-refractivity contribution in [3.8, 4) is 0 Å². The Morgan fingerprint density at radius 3 is 2.00 bits per heavy atom. The maximum Gasteiger partial charge on any atom is 0.0992 e. The van der Waals surface area contributed by atoms with Crippen LogP contribution in [0.2, 0.25) is 0 Å². The molecule has 3 heteroatoms. The number of methoxy groups -OCH3 is 1. The largest absolute Gasteiger partial charge is 0.385 e. The lowest BCUT2D eigenvalue weighted by molar-refractivity contribution is -0.142. The molecule has 2 aromatic rings. The van der Waals surface area contributed by atoms with Gasteiger partial charge in [0.2, 0.25) is 0 Å². The molecule has 1 fully saturated rings. The Morgan fingerprint density at radius 2 is 1.52 bits per heavy atom. The molecule has 3 nitrogen and oxygen atoms in total. The fraction of sp³-hybridized carbons (Fsp3) is 0.400. The summed E-state index contributed by atoms with van der Waals surface area (Å²) in [5, 5.41) is 0. The molecule has 0 bridgehead atoms. The van der Waals surface area contributed by atoms with Gasteiger partial charge < -0.3 is 9.47 Å². The summed E-state index contributed by atoms with van der Waals surface area (Å²) in [6, 6.07) is 21.4. The fourth-order valence-electron chi connectivity index (χ4n) is 3.62. The molecule has 0 N–H and O–H groups in total. The molecule has 0 spiro atoms. The van der Waals surface area contributed by atoms with Crippen LogP contribution in [0.4, 0.5) is 0 Å². The summed E-state index contributed by atoms with van der Waals surface area (Å²) in [4.78, 5) is 2.39. The predicted molar refractivity (Wildman–Crippen MR) is 92.5 cm³/mol. The van der Waals surface area contributed by atoms with Gasteiger partial charge in [0.1, 0.15) is 0 Å². The van der Waals surface area contributed by atoms with Crippen molar-refractivity contribution in [2.75, 3.05) is 33.9 Å². The van der Waals surface area contributed by atoms with Crippen LogP contribution in [-0.4, -0.2) is 44.9 Å². The predicted octanol–water partition coefficient (Wildman–Crippen LogP) is 3.30. The average molecular weight is 311 g/mol. The van der Waals surface area contributed by atoms with Crippen LogP contribution in [0.25, 0.3) is 0 Å². The van der Waals surface area contributed by atoms with E-state index in [0.717, 1.165) is 26.2 Å². The normalized spacial score (nSPS) is 20.2. The fourth-order valence-corrected chi connectivity index (χ4v) is 3.62. The summed E-state index contributed by atoms with van der Waals surface area (Å²) in [6.07, 6.45) is 1.09. The maximum absolute atomic E-state index is 6.25. The molecular formula is C20H25NO2. The van der Waals surface area contributed by atoms with E-state index in [1.165, 1.54) is 11.1 Å². The molecule has 0 aromatic heterocycles. The number of hydrogen-bond donors (Lipinski definition) is 0. The van der Waals surface area contributed by atoms with Crippen molar-refractivity contribution >= 4 is 0 Å². The first-order valence-electron chi connectivity index (χ1n) is 8.23. The smallest absolute Gasteiger partial charge is 0.0992 e. The molecule has 1 atom stereocenters. The zero-order valence-corrected chi connectivity index (χ0v) is 13.9. The van der Waals surface area contributed by atoms with E-state index in [4.69, 9.17) is 9.47 Å². The van der Waals surface area contributed by atoms with Gasteiger partial charge in [-0.15, -0.1) is 0 Å². The van der Waals surface area contributed by atoms with E-state index in [0.29, 0.717) is 0 Å². The van der Waals surface area contributed by atoms with E-state index in [-0.39, 0.29) is 11.6 Å². The van der Waals surface area contributed by atoms with Crippen LogP contribution in [0, 0.1) is 0 Å². The quantitative estimate of drug-likeness (QED) is 0.732. The van der Waals surface area contributed by atoms with Gasteiger partial charge in [-0.2, -0.15) is 0 Å². The van der Waals surface area contributed by atoms with Crippen molar-refractivity contribution in [2.45, 2.75) is 18.1 Å². The number of likely N-dealkylation sites (N-methyl/N-ethyl adjacent to an activating group) is 1. The van der Waals surface area contributed by atoms with Gasteiger partial charge in [0.25, 0.3) is 0 Å². The molecule has 1 aliphatic heterocycles. The third kappa shape index (κ3) is 2.92. The highest BCUT2D eigenvalue weighted by Gasteiger charge is 2.54. The van der Waals surface area contributed by atoms with E-state index in [2.05, 4.69) is 72.6 Å². The van der Waals surface area contributed by atoms with E-state index in [1.807, 2.05) is 0 Å². The molecule has 1 unspecified atom stereocenters. The Kier molecular flexibility index (Phi) is 5.11. The summed E-state index contributed by atoms with van der Waals surface area (Å²) in [7, 11) is 3.91. The Morgan fingerprint density at radius 1 is 0.957 bits per heavy atom. The Balaban J connectivity index is 1.92. The van der Waals surface area contributed by atoms with Crippen molar-refractivity contribution in [3.05, 3.63) is 71.8 Å². The summed E-state index contributed by atoms with van der Waals surface area (Å²) < 4.78 is 11.4. The molecule has 0 saturated carbocycles. The highest BCUT2D eigenvalue weighted by molar-refractivity contribution is 5.43. The summed E-state index contributed by atoms with van der Waals surface area (Å²) in [6.45, 7) is 2.41. The lowest BCUT2D eigenvalue weighted by Gasteiger charge is -2.57. The third-order valence-corrected chi connectivity index (χ3v) is 4.75. The minimum atomic E-state index is -0.199. The zero-order chi connectivity index (χ0) is 16.1. The number of benzene rings is 2. The van der Waals surface area contributed by atoms with Crippen LogP contribution in [0.1, 0.15) is 17.5 Å². The molecule has 2 aromatic carbocycles. The second-order valence-corrected chi connectivity index (χ2v) is 6.08. The van der Waals surface area contributed by atoms with Crippen molar-refractivity contribution in [1.82, 2.24) is 4.90 Å². The molecule has 23 heavy (non-hydrogen) atoms. The molecule has 0 aliphatic carbocycles. The summed E-state index contributed by atoms with van der Waals surface area (Å²) >= 11 is 0. The molecule has 122 valence electrons. The second-order valence-electron chi connectivity index (χ2n) is 6.08. The minimum absolute atomic E-state index is 0.161. The van der Waals surface area contributed by atoms with Gasteiger partial charge in [0.15, 0.2) is 0 Å². The molecular weight excluding hydrogens is 286 g/mol. The van der Waals surface area contributed by atoms with E-state index in [9.17, 15) is 0 Å².